The summed E-state index contributed by atoms with van der Waals surface area (Å²) in [6.45, 7) is 0.377. The standard InChI is InChI=1S/C25H21F3N8O2/c1-37-19-9-18(25(26,27)28)34-36(19)17-7-3-14(4-8-17)12-35-23-16(11-32-35)10-29-22(33-23)20-21(15-5-6-15)30-13-31-24(20)38-2/h3-4,7-11,13,15H,5-6,12H2,1-2H3. The highest BCUT2D eigenvalue weighted by atomic mass is 19.4. The Kier molecular flexibility index (Phi) is 5.69. The number of hydrogen-bond donors (Lipinski definition) is 0. The van der Waals surface area contributed by atoms with Crippen LogP contribution >= 0.6 is 0 Å². The summed E-state index contributed by atoms with van der Waals surface area (Å²) in [6.07, 6.45) is 2.40. The van der Waals surface area contributed by atoms with Crippen LogP contribution in [0.3, 0.4) is 0 Å². The summed E-state index contributed by atoms with van der Waals surface area (Å²) in [4.78, 5) is 18.0. The molecule has 0 atom stereocenters. The fourth-order valence-corrected chi connectivity index (χ4v) is 4.26. The van der Waals surface area contributed by atoms with Gasteiger partial charge in [0.1, 0.15) is 11.9 Å². The monoisotopic (exact) mass is 522 g/mol. The van der Waals surface area contributed by atoms with E-state index in [-0.39, 0.29) is 5.88 Å². The lowest BCUT2D eigenvalue weighted by molar-refractivity contribution is -0.141. The van der Waals surface area contributed by atoms with E-state index in [1.165, 1.54) is 13.4 Å². The molecule has 1 aromatic carbocycles. The molecule has 0 saturated heterocycles. The number of hydrogen-bond acceptors (Lipinski definition) is 8. The molecule has 0 unspecified atom stereocenters. The quantitative estimate of drug-likeness (QED) is 0.309. The second-order valence-corrected chi connectivity index (χ2v) is 8.84. The van der Waals surface area contributed by atoms with E-state index in [0.717, 1.165) is 40.2 Å². The molecule has 38 heavy (non-hydrogen) atoms. The molecule has 0 radical (unpaired) electrons. The fraction of sp³-hybridized carbons (Fsp3) is 0.280. The molecule has 4 aromatic heterocycles. The zero-order valence-electron chi connectivity index (χ0n) is 20.3. The molecule has 1 saturated carbocycles. The Morgan fingerprint density at radius 1 is 1.00 bits per heavy atom. The van der Waals surface area contributed by atoms with Crippen LogP contribution in [0.2, 0.25) is 0 Å². The Hall–Kier alpha value is -4.55. The van der Waals surface area contributed by atoms with E-state index in [9.17, 15) is 13.2 Å². The Balaban J connectivity index is 1.31. The third-order valence-corrected chi connectivity index (χ3v) is 6.29. The van der Waals surface area contributed by atoms with Crippen LogP contribution < -0.4 is 9.47 Å². The highest BCUT2D eigenvalue weighted by Crippen LogP contribution is 2.44. The van der Waals surface area contributed by atoms with E-state index in [1.807, 2.05) is 0 Å². The summed E-state index contributed by atoms with van der Waals surface area (Å²) >= 11 is 0. The molecular weight excluding hydrogens is 501 g/mol. The van der Waals surface area contributed by atoms with Gasteiger partial charge in [-0.25, -0.2) is 29.3 Å². The minimum absolute atomic E-state index is 0.0155. The van der Waals surface area contributed by atoms with Crippen LogP contribution in [0.15, 0.2) is 49.1 Å². The van der Waals surface area contributed by atoms with Crippen molar-refractivity contribution in [1.29, 1.82) is 0 Å². The third kappa shape index (κ3) is 4.29. The average molecular weight is 522 g/mol. The third-order valence-electron chi connectivity index (χ3n) is 6.29. The van der Waals surface area contributed by atoms with E-state index < -0.39 is 11.9 Å². The summed E-state index contributed by atoms with van der Waals surface area (Å²) in [5.74, 6) is 1.20. The van der Waals surface area contributed by atoms with E-state index in [0.29, 0.717) is 41.1 Å². The maximum Gasteiger partial charge on any atom is 0.435 e. The molecular formula is C25H21F3N8O2. The number of ether oxygens (including phenoxy) is 2. The lowest BCUT2D eigenvalue weighted by Crippen LogP contribution is -2.08. The normalized spacial score (nSPS) is 13.7. The summed E-state index contributed by atoms with van der Waals surface area (Å²) in [6, 6.07) is 7.79. The first kappa shape index (κ1) is 23.8. The highest BCUT2D eigenvalue weighted by Gasteiger charge is 2.35. The van der Waals surface area contributed by atoms with Crippen molar-refractivity contribution in [2.24, 2.45) is 0 Å². The van der Waals surface area contributed by atoms with Gasteiger partial charge in [-0.2, -0.15) is 23.4 Å². The number of aromatic nitrogens is 8. The van der Waals surface area contributed by atoms with Crippen LogP contribution in [0.4, 0.5) is 13.2 Å². The molecule has 0 spiro atoms. The summed E-state index contributed by atoms with van der Waals surface area (Å²) < 4.78 is 52.8. The first-order valence-corrected chi connectivity index (χ1v) is 11.7. The van der Waals surface area contributed by atoms with E-state index in [4.69, 9.17) is 14.5 Å². The van der Waals surface area contributed by atoms with Crippen molar-refractivity contribution in [3.63, 3.8) is 0 Å². The topological polar surface area (TPSA) is 106 Å². The molecule has 0 N–H and O–H groups in total. The Morgan fingerprint density at radius 2 is 1.79 bits per heavy atom. The number of halogens is 3. The molecule has 10 nitrogen and oxygen atoms in total. The van der Waals surface area contributed by atoms with Crippen molar-refractivity contribution in [2.45, 2.75) is 31.5 Å². The molecule has 0 bridgehead atoms. The second-order valence-electron chi connectivity index (χ2n) is 8.84. The summed E-state index contributed by atoms with van der Waals surface area (Å²) in [5.41, 5.74) is 2.45. The SMILES string of the molecule is COc1ncnc(C2CC2)c1-c1ncc2cnn(Cc3ccc(-n4nc(C(F)(F)F)cc4OC)cc3)c2n1. The van der Waals surface area contributed by atoms with E-state index in [2.05, 4.69) is 25.1 Å². The predicted molar refractivity (Wildman–Crippen MR) is 129 cm³/mol. The van der Waals surface area contributed by atoms with Gasteiger partial charge in [0.2, 0.25) is 11.8 Å². The molecule has 0 aliphatic heterocycles. The van der Waals surface area contributed by atoms with E-state index >= 15 is 0 Å². The first-order chi connectivity index (χ1) is 18.4. The van der Waals surface area contributed by atoms with E-state index in [1.54, 1.807) is 48.5 Å². The van der Waals surface area contributed by atoms with Gasteiger partial charge in [0.05, 0.1) is 43.7 Å². The van der Waals surface area contributed by atoms with Crippen molar-refractivity contribution in [3.8, 4) is 28.8 Å². The van der Waals surface area contributed by atoms with Crippen LogP contribution in [-0.4, -0.2) is 53.7 Å². The van der Waals surface area contributed by atoms with Crippen molar-refractivity contribution >= 4 is 11.0 Å². The summed E-state index contributed by atoms with van der Waals surface area (Å²) in [7, 11) is 2.85. The molecule has 4 heterocycles. The molecule has 13 heteroatoms. The van der Waals surface area contributed by atoms with Gasteiger partial charge in [0.25, 0.3) is 0 Å². The Bertz CT molecular complexity index is 1620. The second kappa shape index (κ2) is 9.08. The van der Waals surface area contributed by atoms with Gasteiger partial charge in [0, 0.05) is 18.2 Å². The smallest absolute Gasteiger partial charge is 0.435 e. The minimum Gasteiger partial charge on any atom is -0.481 e. The minimum atomic E-state index is -4.57. The number of rotatable bonds is 7. The predicted octanol–water partition coefficient (Wildman–Crippen LogP) is 4.43. The zero-order chi connectivity index (χ0) is 26.4. The number of benzene rings is 1. The van der Waals surface area contributed by atoms with Gasteiger partial charge in [-0.15, -0.1) is 0 Å². The Morgan fingerprint density at radius 3 is 2.47 bits per heavy atom. The fourth-order valence-electron chi connectivity index (χ4n) is 4.26. The van der Waals surface area contributed by atoms with Gasteiger partial charge < -0.3 is 9.47 Å². The maximum atomic E-state index is 13.1. The van der Waals surface area contributed by atoms with Gasteiger partial charge in [0.15, 0.2) is 17.2 Å². The average Bonchev–Trinajstić information content (AvgIpc) is 3.55. The van der Waals surface area contributed by atoms with Crippen LogP contribution in [0.1, 0.15) is 35.7 Å². The Labute approximate surface area is 214 Å². The zero-order valence-corrected chi connectivity index (χ0v) is 20.3. The van der Waals surface area contributed by atoms with Crippen molar-refractivity contribution in [2.75, 3.05) is 14.2 Å². The number of alkyl halides is 3. The number of nitrogens with zero attached hydrogens (tertiary/aromatic N) is 8. The summed E-state index contributed by atoms with van der Waals surface area (Å²) in [5, 5.41) is 8.88. The molecule has 1 aliphatic carbocycles. The molecule has 5 aromatic rings. The first-order valence-electron chi connectivity index (χ1n) is 11.7. The van der Waals surface area contributed by atoms with Crippen molar-refractivity contribution < 1.29 is 22.6 Å². The van der Waals surface area contributed by atoms with Crippen LogP contribution in [-0.2, 0) is 12.7 Å². The van der Waals surface area contributed by atoms with Gasteiger partial charge in [-0.3, -0.25) is 0 Å². The maximum absolute atomic E-state index is 13.1. The van der Waals surface area contributed by atoms with Gasteiger partial charge in [-0.1, -0.05) is 12.1 Å². The number of methoxy groups -OCH3 is 2. The molecule has 0 amide bonds. The highest BCUT2D eigenvalue weighted by molar-refractivity contribution is 5.77. The molecule has 6 rings (SSSR count). The van der Waals surface area contributed by atoms with Crippen LogP contribution in [0, 0.1) is 0 Å². The van der Waals surface area contributed by atoms with Gasteiger partial charge in [-0.05, 0) is 30.5 Å². The largest absolute Gasteiger partial charge is 0.481 e. The number of fused-ring (bicyclic) bond motifs is 1. The van der Waals surface area contributed by atoms with Crippen molar-refractivity contribution in [3.05, 3.63) is 66.0 Å². The molecule has 194 valence electrons. The lowest BCUT2D eigenvalue weighted by atomic mass is 10.1. The van der Waals surface area contributed by atoms with Crippen LogP contribution in [0.25, 0.3) is 28.1 Å². The van der Waals surface area contributed by atoms with Crippen LogP contribution in [0.5, 0.6) is 11.8 Å². The lowest BCUT2D eigenvalue weighted by Gasteiger charge is -2.11. The van der Waals surface area contributed by atoms with Gasteiger partial charge >= 0.3 is 6.18 Å². The van der Waals surface area contributed by atoms with Crippen molar-refractivity contribution in [1.82, 2.24) is 39.5 Å². The molecule has 1 aliphatic rings. The molecule has 1 fully saturated rings.